The van der Waals surface area contributed by atoms with E-state index in [2.05, 4.69) is 25.5 Å². The van der Waals surface area contributed by atoms with Gasteiger partial charge in [0, 0.05) is 19.0 Å². The summed E-state index contributed by atoms with van der Waals surface area (Å²) in [5.74, 6) is -1.03. The molecule has 0 aliphatic rings. The highest BCUT2D eigenvalue weighted by molar-refractivity contribution is 6.32. The molecule has 8 nitrogen and oxygen atoms in total. The van der Waals surface area contributed by atoms with Crippen LogP contribution in [0.4, 0.5) is 23.2 Å². The smallest absolute Gasteiger partial charge is 0.388 e. The minimum atomic E-state index is -3.96. The number of alkyl halides is 3. The topological polar surface area (TPSA) is 124 Å². The van der Waals surface area contributed by atoms with Gasteiger partial charge in [0.25, 0.3) is 0 Å². The predicted molar refractivity (Wildman–Crippen MR) is 124 cm³/mol. The molecule has 1 aromatic carbocycles. The first-order valence-corrected chi connectivity index (χ1v) is 10.6. The number of aromatic hydroxyl groups is 1. The average molecular weight is 520 g/mol. The molecule has 3 rings (SSSR count). The van der Waals surface area contributed by atoms with Crippen molar-refractivity contribution in [3.63, 3.8) is 0 Å². The van der Waals surface area contributed by atoms with Crippen LogP contribution in [0.25, 0.3) is 11.3 Å². The predicted octanol–water partition coefficient (Wildman–Crippen LogP) is 5.53. The van der Waals surface area contributed by atoms with Crippen LogP contribution in [0.2, 0.25) is 5.15 Å². The molecule has 192 valence electrons. The molecule has 0 bridgehead atoms. The van der Waals surface area contributed by atoms with Gasteiger partial charge in [0.05, 0.1) is 46.3 Å². The van der Waals surface area contributed by atoms with Gasteiger partial charge in [-0.3, -0.25) is 14.9 Å². The third-order valence-electron chi connectivity index (χ3n) is 4.46. The van der Waals surface area contributed by atoms with E-state index in [1.807, 2.05) is 14.0 Å². The Kier molecular flexibility index (Phi) is 11.1. The van der Waals surface area contributed by atoms with Crippen molar-refractivity contribution in [2.24, 2.45) is 0 Å². The minimum absolute atomic E-state index is 0.0162. The summed E-state index contributed by atoms with van der Waals surface area (Å²) in [6.45, 7) is 6.21. The van der Waals surface area contributed by atoms with Gasteiger partial charge in [0.1, 0.15) is 11.6 Å². The summed E-state index contributed by atoms with van der Waals surface area (Å²) < 4.78 is 46.3. The molecule has 0 fully saturated rings. The van der Waals surface area contributed by atoms with Crippen molar-refractivity contribution in [1.82, 2.24) is 20.2 Å². The summed E-state index contributed by atoms with van der Waals surface area (Å²) in [5.41, 5.74) is 2.76. The summed E-state index contributed by atoms with van der Waals surface area (Å²) in [6, 6.07) is 2.05. The Hall–Kier alpha value is -3.25. The second kappa shape index (κ2) is 13.0. The number of phenolic OH excluding ortho intramolecular Hbond substituents is 1. The van der Waals surface area contributed by atoms with Gasteiger partial charge < -0.3 is 15.5 Å². The van der Waals surface area contributed by atoms with E-state index in [1.165, 1.54) is 13.1 Å². The van der Waals surface area contributed by atoms with Crippen LogP contribution in [0.3, 0.4) is 0 Å². The van der Waals surface area contributed by atoms with Crippen LogP contribution in [0, 0.1) is 19.7 Å². The minimum Gasteiger partial charge on any atom is -0.507 e. The zero-order valence-electron chi connectivity index (χ0n) is 19.6. The number of aldehydes is 1. The molecule has 0 saturated carbocycles. The van der Waals surface area contributed by atoms with Gasteiger partial charge in [-0.2, -0.15) is 18.3 Å². The summed E-state index contributed by atoms with van der Waals surface area (Å²) in [4.78, 5) is 18.8. The fourth-order valence-electron chi connectivity index (χ4n) is 2.55. The van der Waals surface area contributed by atoms with Gasteiger partial charge in [-0.05, 0) is 32.9 Å². The number of halogens is 5. The van der Waals surface area contributed by atoms with Crippen molar-refractivity contribution in [2.45, 2.75) is 46.4 Å². The number of aromatic nitrogens is 4. The Morgan fingerprint density at radius 3 is 2.29 bits per heavy atom. The standard InChI is InChI=1S/C14H13FN2O3.C5H8ClN3.C3H5F3/c1-7-14(8(2)19)17-12(5-16-7)10-4-13(20)9(6-18)3-11(10)15;1-3-4(7-2)5(6)9-8-3;1-2-3(4,5)6/h3-6,8,19-20H,1-2H3;7H,1-2H3,(H,8,9);2H2,1H3. The zero-order valence-corrected chi connectivity index (χ0v) is 20.4. The first kappa shape index (κ1) is 29.8. The number of aryl methyl sites for hydroxylation is 2. The van der Waals surface area contributed by atoms with Crippen LogP contribution in [0.15, 0.2) is 18.3 Å². The molecular formula is C22H26ClF4N5O3. The van der Waals surface area contributed by atoms with E-state index >= 15 is 0 Å². The van der Waals surface area contributed by atoms with Crippen molar-refractivity contribution < 1.29 is 32.6 Å². The molecule has 1 atom stereocenters. The second-order valence-corrected chi connectivity index (χ2v) is 7.50. The van der Waals surface area contributed by atoms with Crippen LogP contribution >= 0.6 is 11.6 Å². The molecule has 0 radical (unpaired) electrons. The third kappa shape index (κ3) is 8.80. The van der Waals surface area contributed by atoms with E-state index in [4.69, 9.17) is 11.6 Å². The van der Waals surface area contributed by atoms with Gasteiger partial charge in [0.2, 0.25) is 0 Å². The van der Waals surface area contributed by atoms with Crippen LogP contribution in [-0.4, -0.2) is 49.9 Å². The maximum Gasteiger partial charge on any atom is 0.388 e. The van der Waals surface area contributed by atoms with Gasteiger partial charge in [0.15, 0.2) is 11.4 Å². The molecule has 13 heteroatoms. The molecule has 35 heavy (non-hydrogen) atoms. The van der Waals surface area contributed by atoms with Crippen LogP contribution in [-0.2, 0) is 0 Å². The molecule has 0 spiro atoms. The molecular weight excluding hydrogens is 494 g/mol. The number of aliphatic hydroxyl groups is 1. The first-order chi connectivity index (χ1) is 16.2. The lowest BCUT2D eigenvalue weighted by molar-refractivity contribution is -0.130. The number of carbonyl (C=O) groups is 1. The van der Waals surface area contributed by atoms with E-state index in [-0.39, 0.29) is 22.6 Å². The third-order valence-corrected chi connectivity index (χ3v) is 4.73. The molecule has 2 aromatic heterocycles. The van der Waals surface area contributed by atoms with Crippen LogP contribution < -0.4 is 5.32 Å². The van der Waals surface area contributed by atoms with Crippen LogP contribution in [0.5, 0.6) is 5.75 Å². The number of rotatable bonds is 4. The highest BCUT2D eigenvalue weighted by atomic mass is 35.5. The van der Waals surface area contributed by atoms with Crippen molar-refractivity contribution in [2.75, 3.05) is 12.4 Å². The van der Waals surface area contributed by atoms with E-state index < -0.39 is 24.5 Å². The Bertz CT molecular complexity index is 1120. The lowest BCUT2D eigenvalue weighted by atomic mass is 10.1. The van der Waals surface area contributed by atoms with E-state index in [9.17, 15) is 32.6 Å². The lowest BCUT2D eigenvalue weighted by Crippen LogP contribution is -2.03. The SMILES string of the molecule is CCC(F)(F)F.CNc1c(Cl)n[nH]c1C.Cc1ncc(-c2cc(O)c(C=O)cc2F)nc1C(C)O. The molecule has 0 aliphatic carbocycles. The number of hydrogen-bond acceptors (Lipinski definition) is 7. The van der Waals surface area contributed by atoms with Crippen molar-refractivity contribution >= 4 is 23.6 Å². The zero-order chi connectivity index (χ0) is 26.9. The number of H-pyrrole nitrogens is 1. The number of nitrogens with zero attached hydrogens (tertiary/aromatic N) is 3. The summed E-state index contributed by atoms with van der Waals surface area (Å²) in [5, 5.41) is 29.1. The Labute approximate surface area is 204 Å². The molecule has 0 saturated heterocycles. The summed E-state index contributed by atoms with van der Waals surface area (Å²) in [6.07, 6.45) is -3.81. The average Bonchev–Trinajstić information content (AvgIpc) is 3.12. The molecule has 0 amide bonds. The maximum absolute atomic E-state index is 13.9. The quantitative estimate of drug-likeness (QED) is 0.264. The Balaban J connectivity index is 0.000000336. The fourth-order valence-corrected chi connectivity index (χ4v) is 2.83. The highest BCUT2D eigenvalue weighted by Crippen LogP contribution is 2.28. The molecule has 2 heterocycles. The van der Waals surface area contributed by atoms with E-state index in [1.54, 1.807) is 6.92 Å². The lowest BCUT2D eigenvalue weighted by Gasteiger charge is -2.10. The van der Waals surface area contributed by atoms with E-state index in [0.29, 0.717) is 22.8 Å². The number of aromatic amines is 1. The molecule has 4 N–H and O–H groups in total. The highest BCUT2D eigenvalue weighted by Gasteiger charge is 2.22. The Morgan fingerprint density at radius 2 is 1.89 bits per heavy atom. The summed E-state index contributed by atoms with van der Waals surface area (Å²) in [7, 11) is 1.81. The first-order valence-electron chi connectivity index (χ1n) is 10.2. The van der Waals surface area contributed by atoms with Gasteiger partial charge in [-0.15, -0.1) is 0 Å². The fraction of sp³-hybridized carbons (Fsp3) is 0.364. The summed E-state index contributed by atoms with van der Waals surface area (Å²) >= 11 is 5.64. The van der Waals surface area contributed by atoms with Crippen LogP contribution in [0.1, 0.15) is 53.8 Å². The molecule has 3 aromatic rings. The number of phenols is 1. The number of benzene rings is 1. The van der Waals surface area contributed by atoms with Gasteiger partial charge in [-0.1, -0.05) is 18.5 Å². The molecule has 1 unspecified atom stereocenters. The number of anilines is 1. The van der Waals surface area contributed by atoms with Crippen molar-refractivity contribution in [3.8, 4) is 17.0 Å². The monoisotopic (exact) mass is 519 g/mol. The van der Waals surface area contributed by atoms with Gasteiger partial charge in [-0.25, -0.2) is 9.37 Å². The Morgan fingerprint density at radius 1 is 1.29 bits per heavy atom. The maximum atomic E-state index is 13.9. The van der Waals surface area contributed by atoms with Crippen molar-refractivity contribution in [3.05, 3.63) is 51.9 Å². The molecule has 0 aliphatic heterocycles. The van der Waals surface area contributed by atoms with Gasteiger partial charge >= 0.3 is 6.18 Å². The number of aliphatic hydroxyl groups excluding tert-OH is 1. The number of hydrogen-bond donors (Lipinski definition) is 4. The number of nitrogens with one attached hydrogen (secondary N) is 2. The van der Waals surface area contributed by atoms with Crippen molar-refractivity contribution in [1.29, 1.82) is 0 Å². The number of carbonyl (C=O) groups excluding carboxylic acids is 1. The second-order valence-electron chi connectivity index (χ2n) is 7.14. The van der Waals surface area contributed by atoms with E-state index in [0.717, 1.165) is 30.4 Å². The normalized spacial score (nSPS) is 11.5. The largest absolute Gasteiger partial charge is 0.507 e.